The fraction of sp³-hybridized carbons (Fsp3) is 0.143. The van der Waals surface area contributed by atoms with Crippen LogP contribution >= 0.6 is 27.3 Å². The van der Waals surface area contributed by atoms with Crippen molar-refractivity contribution in [3.8, 4) is 11.1 Å². The van der Waals surface area contributed by atoms with E-state index in [0.29, 0.717) is 0 Å². The van der Waals surface area contributed by atoms with Gasteiger partial charge in [-0.2, -0.15) is 0 Å². The zero-order valence-electron chi connectivity index (χ0n) is 15.3. The third kappa shape index (κ3) is 3.55. The SMILES string of the molecule is Cc1sc2ncnc(Nc3ccc(N(C)C)cc3)c2c1-c1ccc(Br)cc1. The lowest BCUT2D eigenvalue weighted by atomic mass is 10.0. The summed E-state index contributed by atoms with van der Waals surface area (Å²) in [5, 5.41) is 4.54. The van der Waals surface area contributed by atoms with Crippen LogP contribution < -0.4 is 10.2 Å². The van der Waals surface area contributed by atoms with E-state index in [1.54, 1.807) is 17.7 Å². The molecule has 4 aromatic rings. The van der Waals surface area contributed by atoms with Crippen LogP contribution in [0.2, 0.25) is 0 Å². The molecule has 6 heteroatoms. The average molecular weight is 439 g/mol. The average Bonchev–Trinajstić information content (AvgIpc) is 3.00. The molecular formula is C21H19BrN4S. The molecule has 4 rings (SSSR count). The molecule has 0 bridgehead atoms. The van der Waals surface area contributed by atoms with E-state index < -0.39 is 0 Å². The molecule has 0 fully saturated rings. The molecule has 0 saturated heterocycles. The normalized spacial score (nSPS) is 11.0. The monoisotopic (exact) mass is 438 g/mol. The number of rotatable bonds is 4. The van der Waals surface area contributed by atoms with Gasteiger partial charge in [-0.1, -0.05) is 28.1 Å². The highest BCUT2D eigenvalue weighted by Crippen LogP contribution is 2.41. The van der Waals surface area contributed by atoms with Gasteiger partial charge in [0.1, 0.15) is 17.0 Å². The summed E-state index contributed by atoms with van der Waals surface area (Å²) >= 11 is 5.21. The molecule has 0 atom stereocenters. The topological polar surface area (TPSA) is 41.1 Å². The van der Waals surface area contributed by atoms with Gasteiger partial charge in [-0.25, -0.2) is 9.97 Å². The van der Waals surface area contributed by atoms with Gasteiger partial charge in [0, 0.05) is 40.4 Å². The van der Waals surface area contributed by atoms with E-state index in [2.05, 4.69) is 91.6 Å². The number of nitrogens with zero attached hydrogens (tertiary/aromatic N) is 3. The van der Waals surface area contributed by atoms with Gasteiger partial charge in [0.2, 0.25) is 0 Å². The van der Waals surface area contributed by atoms with Crippen molar-refractivity contribution in [3.63, 3.8) is 0 Å². The van der Waals surface area contributed by atoms with E-state index in [0.717, 1.165) is 31.9 Å². The van der Waals surface area contributed by atoms with Gasteiger partial charge in [0.15, 0.2) is 0 Å². The summed E-state index contributed by atoms with van der Waals surface area (Å²) in [5.41, 5.74) is 4.53. The van der Waals surface area contributed by atoms with Crippen molar-refractivity contribution >= 4 is 54.7 Å². The summed E-state index contributed by atoms with van der Waals surface area (Å²) in [5.74, 6) is 0.833. The maximum absolute atomic E-state index is 4.54. The number of benzene rings is 2. The van der Waals surface area contributed by atoms with E-state index in [9.17, 15) is 0 Å². The lowest BCUT2D eigenvalue weighted by molar-refractivity contribution is 1.13. The minimum absolute atomic E-state index is 0.833. The van der Waals surface area contributed by atoms with Gasteiger partial charge in [0.05, 0.1) is 5.39 Å². The van der Waals surface area contributed by atoms with Crippen molar-refractivity contribution in [2.24, 2.45) is 0 Å². The van der Waals surface area contributed by atoms with Crippen LogP contribution in [0.3, 0.4) is 0 Å². The predicted molar refractivity (Wildman–Crippen MR) is 119 cm³/mol. The zero-order valence-corrected chi connectivity index (χ0v) is 17.7. The van der Waals surface area contributed by atoms with Gasteiger partial charge in [-0.05, 0) is 48.9 Å². The summed E-state index contributed by atoms with van der Waals surface area (Å²) in [6.45, 7) is 2.14. The maximum Gasteiger partial charge on any atom is 0.143 e. The molecule has 0 aliphatic rings. The Morgan fingerprint density at radius 1 is 0.963 bits per heavy atom. The number of nitrogens with one attached hydrogen (secondary N) is 1. The third-order valence-electron chi connectivity index (χ3n) is 4.44. The van der Waals surface area contributed by atoms with Crippen molar-refractivity contribution in [2.45, 2.75) is 6.92 Å². The lowest BCUT2D eigenvalue weighted by Crippen LogP contribution is -2.08. The molecular weight excluding hydrogens is 420 g/mol. The van der Waals surface area contributed by atoms with Crippen molar-refractivity contribution < 1.29 is 0 Å². The first-order chi connectivity index (χ1) is 13.0. The second kappa shape index (κ2) is 7.29. The zero-order chi connectivity index (χ0) is 19.0. The van der Waals surface area contributed by atoms with Gasteiger partial charge >= 0.3 is 0 Å². The van der Waals surface area contributed by atoms with Crippen LogP contribution in [0.25, 0.3) is 21.3 Å². The largest absolute Gasteiger partial charge is 0.378 e. The highest BCUT2D eigenvalue weighted by Gasteiger charge is 2.17. The van der Waals surface area contributed by atoms with Gasteiger partial charge in [-0.3, -0.25) is 0 Å². The van der Waals surface area contributed by atoms with Crippen LogP contribution in [0.5, 0.6) is 0 Å². The highest BCUT2D eigenvalue weighted by atomic mass is 79.9. The molecule has 0 saturated carbocycles. The Hall–Kier alpha value is -2.44. The van der Waals surface area contributed by atoms with Crippen LogP contribution in [-0.2, 0) is 0 Å². The maximum atomic E-state index is 4.54. The molecule has 4 nitrogen and oxygen atoms in total. The molecule has 0 unspecified atom stereocenters. The molecule has 2 heterocycles. The first kappa shape index (κ1) is 17.9. The molecule has 136 valence electrons. The third-order valence-corrected chi connectivity index (χ3v) is 5.99. The predicted octanol–water partition coefficient (Wildman–Crippen LogP) is 6.24. The Kier molecular flexibility index (Phi) is 4.85. The molecule has 2 aromatic carbocycles. The van der Waals surface area contributed by atoms with Crippen LogP contribution in [0.15, 0.2) is 59.3 Å². The molecule has 2 aromatic heterocycles. The Morgan fingerprint density at radius 3 is 2.33 bits per heavy atom. The van der Waals surface area contributed by atoms with Gasteiger partial charge in [0.25, 0.3) is 0 Å². The number of aryl methyl sites for hydroxylation is 1. The van der Waals surface area contributed by atoms with E-state index in [1.807, 2.05) is 14.1 Å². The number of anilines is 3. The fourth-order valence-corrected chi connectivity index (χ4v) is 4.36. The fourth-order valence-electron chi connectivity index (χ4n) is 3.08. The molecule has 0 aliphatic heterocycles. The van der Waals surface area contributed by atoms with E-state index in [-0.39, 0.29) is 0 Å². The first-order valence-electron chi connectivity index (χ1n) is 8.57. The minimum atomic E-state index is 0.833. The highest BCUT2D eigenvalue weighted by molar-refractivity contribution is 9.10. The minimum Gasteiger partial charge on any atom is -0.378 e. The Balaban J connectivity index is 1.80. The summed E-state index contributed by atoms with van der Waals surface area (Å²) < 4.78 is 1.07. The second-order valence-corrected chi connectivity index (χ2v) is 8.63. The van der Waals surface area contributed by atoms with Crippen LogP contribution in [0.4, 0.5) is 17.2 Å². The van der Waals surface area contributed by atoms with Crippen molar-refractivity contribution in [3.05, 3.63) is 64.2 Å². The lowest BCUT2D eigenvalue weighted by Gasteiger charge is -2.13. The smallest absolute Gasteiger partial charge is 0.143 e. The van der Waals surface area contributed by atoms with Gasteiger partial charge in [-0.15, -0.1) is 11.3 Å². The van der Waals surface area contributed by atoms with Crippen LogP contribution in [-0.4, -0.2) is 24.1 Å². The van der Waals surface area contributed by atoms with E-state index in [4.69, 9.17) is 0 Å². The van der Waals surface area contributed by atoms with Crippen LogP contribution in [0, 0.1) is 6.92 Å². The number of hydrogen-bond acceptors (Lipinski definition) is 5. The van der Waals surface area contributed by atoms with Crippen molar-refractivity contribution in [1.82, 2.24) is 9.97 Å². The quantitative estimate of drug-likeness (QED) is 0.409. The molecule has 0 spiro atoms. The molecule has 1 N–H and O–H groups in total. The first-order valence-corrected chi connectivity index (χ1v) is 10.2. The second-order valence-electron chi connectivity index (χ2n) is 6.51. The number of aromatic nitrogens is 2. The van der Waals surface area contributed by atoms with Gasteiger partial charge < -0.3 is 10.2 Å². The Labute approximate surface area is 171 Å². The standard InChI is InChI=1S/C21H19BrN4S/c1-13-18(14-4-6-15(22)7-5-14)19-20(23-12-24-21(19)27-13)25-16-8-10-17(11-9-16)26(2)3/h4-12H,1-3H3,(H,23,24,25). The molecule has 0 radical (unpaired) electrons. The van der Waals surface area contributed by atoms with Crippen molar-refractivity contribution in [1.29, 1.82) is 0 Å². The summed E-state index contributed by atoms with van der Waals surface area (Å²) in [6, 6.07) is 16.7. The number of halogens is 1. The summed E-state index contributed by atoms with van der Waals surface area (Å²) in [4.78, 5) is 13.4. The van der Waals surface area contributed by atoms with E-state index >= 15 is 0 Å². The number of thiophene rings is 1. The Bertz CT molecular complexity index is 1090. The number of fused-ring (bicyclic) bond motifs is 1. The summed E-state index contributed by atoms with van der Waals surface area (Å²) in [7, 11) is 4.07. The molecule has 0 amide bonds. The number of hydrogen-bond donors (Lipinski definition) is 1. The molecule has 0 aliphatic carbocycles. The molecule has 27 heavy (non-hydrogen) atoms. The van der Waals surface area contributed by atoms with E-state index in [1.165, 1.54) is 16.0 Å². The van der Waals surface area contributed by atoms with Crippen LogP contribution in [0.1, 0.15) is 4.88 Å². The Morgan fingerprint density at radius 2 is 1.67 bits per heavy atom. The van der Waals surface area contributed by atoms with Crippen molar-refractivity contribution in [2.75, 3.05) is 24.3 Å². The summed E-state index contributed by atoms with van der Waals surface area (Å²) in [6.07, 6.45) is 1.63.